The van der Waals surface area contributed by atoms with E-state index in [2.05, 4.69) is 29.9 Å². The minimum atomic E-state index is 0.183. The van der Waals surface area contributed by atoms with Gasteiger partial charge < -0.3 is 9.80 Å². The van der Waals surface area contributed by atoms with Crippen molar-refractivity contribution in [3.63, 3.8) is 0 Å². The van der Waals surface area contributed by atoms with Crippen molar-refractivity contribution in [1.29, 1.82) is 0 Å². The molecule has 0 aliphatic carbocycles. The van der Waals surface area contributed by atoms with Crippen LogP contribution < -0.4 is 9.80 Å². The Balaban J connectivity index is 1.81. The molecule has 0 N–H and O–H groups in total. The molecule has 1 atom stereocenters. The molecular weight excluding hydrogens is 294 g/mol. The molecule has 0 spiro atoms. The van der Waals surface area contributed by atoms with E-state index < -0.39 is 0 Å². The van der Waals surface area contributed by atoms with Gasteiger partial charge in [-0.2, -0.15) is 0 Å². The first kappa shape index (κ1) is 15.0. The minimum absolute atomic E-state index is 0.183. The predicted molar refractivity (Wildman–Crippen MR) is 91.7 cm³/mol. The number of thiazole rings is 1. The van der Waals surface area contributed by atoms with Crippen molar-refractivity contribution < 1.29 is 4.79 Å². The Morgan fingerprint density at radius 1 is 1.32 bits per heavy atom. The molecule has 0 fully saturated rings. The third-order valence-electron chi connectivity index (χ3n) is 4.04. The number of anilines is 2. The van der Waals surface area contributed by atoms with E-state index >= 15 is 0 Å². The lowest BCUT2D eigenvalue weighted by atomic mass is 10.1. The molecule has 0 bridgehead atoms. The highest BCUT2D eigenvalue weighted by Crippen LogP contribution is 2.33. The Morgan fingerprint density at radius 2 is 2.09 bits per heavy atom. The zero-order chi connectivity index (χ0) is 15.5. The molecule has 116 valence electrons. The maximum absolute atomic E-state index is 12.7. The van der Waals surface area contributed by atoms with E-state index in [1.165, 1.54) is 0 Å². The van der Waals surface area contributed by atoms with Gasteiger partial charge in [0, 0.05) is 31.9 Å². The van der Waals surface area contributed by atoms with Gasteiger partial charge in [-0.05, 0) is 24.5 Å². The summed E-state index contributed by atoms with van der Waals surface area (Å²) < 4.78 is 0. The first-order valence-corrected chi connectivity index (χ1v) is 8.57. The summed E-state index contributed by atoms with van der Waals surface area (Å²) in [5.41, 5.74) is 4.98. The topological polar surface area (TPSA) is 36.4 Å². The van der Waals surface area contributed by atoms with Crippen molar-refractivity contribution in [3.8, 4) is 0 Å². The highest BCUT2D eigenvalue weighted by Gasteiger charge is 2.26. The molecule has 1 aromatic heterocycles. The first-order chi connectivity index (χ1) is 10.6. The third kappa shape index (κ3) is 3.14. The predicted octanol–water partition coefficient (Wildman–Crippen LogP) is 3.19. The second kappa shape index (κ2) is 6.48. The van der Waals surface area contributed by atoms with Gasteiger partial charge in [0.2, 0.25) is 5.91 Å². The molecule has 1 aliphatic heterocycles. The normalized spacial score (nSPS) is 18.0. The molecule has 2 heterocycles. The lowest BCUT2D eigenvalue weighted by molar-refractivity contribution is -0.118. The van der Waals surface area contributed by atoms with Crippen LogP contribution in [0.25, 0.3) is 0 Å². The summed E-state index contributed by atoms with van der Waals surface area (Å²) >= 11 is 1.58. The van der Waals surface area contributed by atoms with E-state index in [0.29, 0.717) is 18.8 Å². The fourth-order valence-corrected chi connectivity index (χ4v) is 3.61. The number of rotatable bonds is 3. The zero-order valence-electron chi connectivity index (χ0n) is 13.0. The van der Waals surface area contributed by atoms with Gasteiger partial charge in [0.1, 0.15) is 0 Å². The zero-order valence-corrected chi connectivity index (χ0v) is 13.8. The number of nitrogens with zero attached hydrogens (tertiary/aromatic N) is 3. The smallest absolute Gasteiger partial charge is 0.227 e. The number of fused-ring (bicyclic) bond motifs is 1. The second-order valence-corrected chi connectivity index (χ2v) is 6.68. The maximum atomic E-state index is 12.7. The van der Waals surface area contributed by atoms with E-state index in [1.54, 1.807) is 11.3 Å². The second-order valence-electron chi connectivity index (χ2n) is 5.96. The number of para-hydroxylation sites is 2. The Hall–Kier alpha value is -1.88. The summed E-state index contributed by atoms with van der Waals surface area (Å²) in [5.74, 6) is 0.628. The lowest BCUT2D eigenvalue weighted by Crippen LogP contribution is -2.35. The number of carbonyl (C=O) groups excluding carboxylic acids is 1. The van der Waals surface area contributed by atoms with Crippen LogP contribution in [0.5, 0.6) is 0 Å². The standard InChI is InChI=1S/C17H21N3OS/c1-13-9-19(2)15-5-3-4-6-16(15)20(10-13)17(21)8-7-14-11-22-12-18-14/h3-6,11-13H,7-10H2,1-2H3/t13-/m0/s1. The van der Waals surface area contributed by atoms with Crippen LogP contribution in [-0.2, 0) is 11.2 Å². The van der Waals surface area contributed by atoms with Crippen LogP contribution in [0, 0.1) is 5.92 Å². The minimum Gasteiger partial charge on any atom is -0.373 e. The van der Waals surface area contributed by atoms with Crippen molar-refractivity contribution in [2.45, 2.75) is 19.8 Å². The molecule has 3 rings (SSSR count). The molecule has 2 aromatic rings. The van der Waals surface area contributed by atoms with E-state index in [1.807, 2.05) is 34.0 Å². The van der Waals surface area contributed by atoms with Gasteiger partial charge in [-0.15, -0.1) is 11.3 Å². The fraction of sp³-hybridized carbons (Fsp3) is 0.412. The molecule has 5 heteroatoms. The highest BCUT2D eigenvalue weighted by molar-refractivity contribution is 7.07. The van der Waals surface area contributed by atoms with E-state index in [9.17, 15) is 4.79 Å². The Labute approximate surface area is 135 Å². The molecular formula is C17H21N3OS. The summed E-state index contributed by atoms with van der Waals surface area (Å²) in [6, 6.07) is 8.17. The van der Waals surface area contributed by atoms with Crippen LogP contribution in [0.4, 0.5) is 11.4 Å². The van der Waals surface area contributed by atoms with Crippen molar-refractivity contribution in [1.82, 2.24) is 4.98 Å². The lowest BCUT2D eigenvalue weighted by Gasteiger charge is -2.24. The number of hydrogen-bond acceptors (Lipinski definition) is 4. The van der Waals surface area contributed by atoms with Crippen molar-refractivity contribution >= 4 is 28.6 Å². The fourth-order valence-electron chi connectivity index (χ4n) is 3.02. The molecule has 1 aromatic carbocycles. The molecule has 0 saturated heterocycles. The van der Waals surface area contributed by atoms with Crippen LogP contribution >= 0.6 is 11.3 Å². The number of aromatic nitrogens is 1. The van der Waals surface area contributed by atoms with Gasteiger partial charge in [0.15, 0.2) is 0 Å². The summed E-state index contributed by atoms with van der Waals surface area (Å²) in [6.45, 7) is 3.94. The molecule has 22 heavy (non-hydrogen) atoms. The van der Waals surface area contributed by atoms with Crippen LogP contribution in [0.1, 0.15) is 19.0 Å². The van der Waals surface area contributed by atoms with Crippen LogP contribution in [0.15, 0.2) is 35.2 Å². The average Bonchev–Trinajstić information content (AvgIpc) is 2.99. The summed E-state index contributed by atoms with van der Waals surface area (Å²) in [7, 11) is 2.10. The third-order valence-corrected chi connectivity index (χ3v) is 4.68. The molecule has 1 amide bonds. The molecule has 0 unspecified atom stereocenters. The van der Waals surface area contributed by atoms with Gasteiger partial charge in [0.05, 0.1) is 22.6 Å². The number of hydrogen-bond donors (Lipinski definition) is 0. The highest BCUT2D eigenvalue weighted by atomic mass is 32.1. The van der Waals surface area contributed by atoms with Gasteiger partial charge in [-0.3, -0.25) is 4.79 Å². The van der Waals surface area contributed by atoms with E-state index in [4.69, 9.17) is 0 Å². The van der Waals surface area contributed by atoms with Gasteiger partial charge >= 0.3 is 0 Å². The monoisotopic (exact) mass is 315 g/mol. The van der Waals surface area contributed by atoms with Crippen molar-refractivity contribution in [3.05, 3.63) is 40.8 Å². The Kier molecular flexibility index (Phi) is 4.43. The SMILES string of the molecule is C[C@H]1CN(C)c2ccccc2N(C(=O)CCc2cscn2)C1. The summed E-state index contributed by atoms with van der Waals surface area (Å²) in [4.78, 5) is 21.2. The van der Waals surface area contributed by atoms with Crippen LogP contribution in [0.2, 0.25) is 0 Å². The summed E-state index contributed by atoms with van der Waals surface area (Å²) in [5, 5.41) is 2.01. The van der Waals surface area contributed by atoms with E-state index in [-0.39, 0.29) is 5.91 Å². The first-order valence-electron chi connectivity index (χ1n) is 7.62. The van der Waals surface area contributed by atoms with Gasteiger partial charge in [-0.25, -0.2) is 4.98 Å². The summed E-state index contributed by atoms with van der Waals surface area (Å²) in [6.07, 6.45) is 1.22. The quantitative estimate of drug-likeness (QED) is 0.873. The molecule has 0 radical (unpaired) electrons. The molecule has 1 aliphatic rings. The molecule has 0 saturated carbocycles. The largest absolute Gasteiger partial charge is 0.373 e. The Morgan fingerprint density at radius 3 is 2.82 bits per heavy atom. The Bertz CT molecular complexity index is 641. The van der Waals surface area contributed by atoms with Crippen LogP contribution in [-0.4, -0.2) is 31.0 Å². The number of aryl methyl sites for hydroxylation is 1. The number of carbonyl (C=O) groups is 1. The van der Waals surface area contributed by atoms with E-state index in [0.717, 1.165) is 30.2 Å². The van der Waals surface area contributed by atoms with Crippen molar-refractivity contribution in [2.75, 3.05) is 29.9 Å². The number of amides is 1. The molecule has 4 nitrogen and oxygen atoms in total. The average molecular weight is 315 g/mol. The number of benzene rings is 1. The van der Waals surface area contributed by atoms with Crippen molar-refractivity contribution in [2.24, 2.45) is 5.92 Å². The maximum Gasteiger partial charge on any atom is 0.227 e. The van der Waals surface area contributed by atoms with Crippen LogP contribution in [0.3, 0.4) is 0 Å². The van der Waals surface area contributed by atoms with Gasteiger partial charge in [0.25, 0.3) is 0 Å². The van der Waals surface area contributed by atoms with Gasteiger partial charge in [-0.1, -0.05) is 19.1 Å².